The number of piperidine rings is 1. The number of β-lactam (4-membered cyclic amide) rings is 1. The molecule has 5 aromatic rings. The maximum absolute atomic E-state index is 15.0. The van der Waals surface area contributed by atoms with Crippen LogP contribution in [0.1, 0.15) is 94.1 Å². The summed E-state index contributed by atoms with van der Waals surface area (Å²) in [6.07, 6.45) is 13.5. The fraction of sp³-hybridized carbons (Fsp3) is 0.351. The van der Waals surface area contributed by atoms with Crippen LogP contribution in [0.2, 0.25) is 0 Å². The highest BCUT2D eigenvalue weighted by Crippen LogP contribution is 2.49. The highest BCUT2D eigenvalue weighted by atomic mass is 32.2. The molecular weight excluding hydrogens is 1470 g/mol. The van der Waals surface area contributed by atoms with Gasteiger partial charge in [-0.1, -0.05) is 78.9 Å². The summed E-state index contributed by atoms with van der Waals surface area (Å²) in [5.41, 5.74) is 6.81. The minimum Gasteiger partial charge on any atom is -0.456 e. The lowest BCUT2D eigenvalue weighted by Gasteiger charge is -2.50. The quantitative estimate of drug-likeness (QED) is 0.00846. The van der Waals surface area contributed by atoms with Crippen molar-refractivity contribution < 1.29 is 74.0 Å². The lowest BCUT2D eigenvalue weighted by Crippen LogP contribution is -2.71. The molecule has 0 spiro atoms. The fourth-order valence-electron chi connectivity index (χ4n) is 13.5. The Hall–Kier alpha value is -9.43. The second kappa shape index (κ2) is 33.8. The van der Waals surface area contributed by atoms with Crippen LogP contribution >= 0.6 is 35.3 Å². The van der Waals surface area contributed by atoms with E-state index in [0.717, 1.165) is 51.2 Å². The van der Waals surface area contributed by atoms with E-state index in [1.165, 1.54) is 51.9 Å². The molecule has 4 unspecified atom stereocenters. The molecule has 0 saturated carbocycles. The Morgan fingerprint density at radius 1 is 0.832 bits per heavy atom. The van der Waals surface area contributed by atoms with Crippen molar-refractivity contribution in [1.29, 1.82) is 0 Å². The van der Waals surface area contributed by atoms with Crippen molar-refractivity contribution in [3.05, 3.63) is 202 Å². The first kappa shape index (κ1) is 77.2. The molecule has 4 atom stereocenters. The number of anilines is 3. The number of ether oxygens (including phenoxy) is 3. The third-order valence-corrected chi connectivity index (χ3v) is 25.1. The van der Waals surface area contributed by atoms with Crippen LogP contribution in [0, 0.1) is 5.92 Å². The average Bonchev–Trinajstić information content (AvgIpc) is 0.826. The van der Waals surface area contributed by atoms with Gasteiger partial charge in [0, 0.05) is 113 Å². The van der Waals surface area contributed by atoms with Crippen molar-refractivity contribution in [3.8, 4) is 5.75 Å². The second-order valence-electron chi connectivity index (χ2n) is 27.3. The third-order valence-electron chi connectivity index (χ3n) is 18.8. The molecule has 5 heterocycles. The van der Waals surface area contributed by atoms with Gasteiger partial charge in [-0.2, -0.15) is 12.7 Å². The monoisotopic (exact) mass is 1550 g/mol. The lowest BCUT2D eigenvalue weighted by atomic mass is 9.87. The zero-order chi connectivity index (χ0) is 75.7. The highest BCUT2D eigenvalue weighted by Gasteiger charge is 2.55. The standard InChI is InChI=1S/C77H83N9O16S5/c1-77(2,3)102-76(94)80-42-65(88)83-68-73(92)86-69(75(93)101-70(47-16-7-5-8-17-47)48-18-9-6-10-19-48)51(44-105-74(68)86)43-104-54-28-25-52(26-29-54)81-66(89)46-103-45-59(72(91)79-36-15-24-64(87)78-4)82-71(90)49-33-37-84(38-34-49)106(95,96)63-23-14-12-21-58(63)67-56-20-11-13-22-61(56)100-62-41-53(27-31-57(62)67)85-39-35-50-40-55(107(97,98)99)30-32-60(50)85/h5-9,11-12,14,16-18,20-23,25-32,40-41,49,59,68,70,74H,10,13,15,19,24,33-39,42-46H2,1-4H3,(H,78,87)(H,79,91)(H,80,94)(H,81,89)(H,82,90)(H,83,88)(H,97,98,99). The van der Waals surface area contributed by atoms with Crippen LogP contribution in [-0.4, -0.2) is 164 Å². The van der Waals surface area contributed by atoms with Gasteiger partial charge in [0.2, 0.25) is 39.6 Å². The molecule has 5 aromatic carbocycles. The van der Waals surface area contributed by atoms with E-state index in [9.17, 15) is 51.3 Å². The molecule has 0 radical (unpaired) electrons. The van der Waals surface area contributed by atoms with Crippen LogP contribution in [0.5, 0.6) is 5.75 Å². The predicted molar refractivity (Wildman–Crippen MR) is 409 cm³/mol. The molecule has 2 fully saturated rings. The SMILES string of the molecule is CNC(=O)CCCNC(=O)C(CSCC(=O)Nc1ccc(SCC2=C(C(=O)OC(C3=CC=CCC3)c3ccccc3)N3C(=O)C(NC(=O)CNC(=O)OC(C)(C)C)C3SC2)cc1)NC(=O)C1CCN(S(=O)(=O)c2ccccc2C2=C3C=CCC=C3Oc3cc(N4CCc5cc(S(=O)(=O)O)ccc54)ccc32)CC1. The summed E-state index contributed by atoms with van der Waals surface area (Å²) in [5, 5.41) is 15.6. The van der Waals surface area contributed by atoms with E-state index in [-0.39, 0.29) is 77.6 Å². The summed E-state index contributed by atoms with van der Waals surface area (Å²) in [6, 6.07) is 31.3. The molecule has 12 rings (SSSR count). The molecule has 25 nitrogen and oxygen atoms in total. The van der Waals surface area contributed by atoms with E-state index in [0.29, 0.717) is 83.0 Å². The third kappa shape index (κ3) is 18.4. The number of amides is 7. The van der Waals surface area contributed by atoms with E-state index in [1.807, 2.05) is 89.9 Å². The molecule has 0 bridgehead atoms. The molecule has 7 aliphatic rings. The number of benzene rings is 5. The van der Waals surface area contributed by atoms with Gasteiger partial charge in [-0.05, 0) is 155 Å². The number of nitrogens with one attached hydrogen (secondary N) is 6. The number of hydrogen-bond donors (Lipinski definition) is 7. The van der Waals surface area contributed by atoms with Crippen molar-refractivity contribution in [2.45, 2.75) is 116 Å². The first-order valence-electron chi connectivity index (χ1n) is 35.2. The second-order valence-corrected chi connectivity index (χ2v) is 33.8. The zero-order valence-corrected chi connectivity index (χ0v) is 63.4. The van der Waals surface area contributed by atoms with Crippen molar-refractivity contribution in [2.24, 2.45) is 5.92 Å². The predicted octanol–water partition coefficient (Wildman–Crippen LogP) is 9.40. The Morgan fingerprint density at radius 3 is 2.34 bits per heavy atom. The van der Waals surface area contributed by atoms with Crippen LogP contribution in [0.25, 0.3) is 5.57 Å². The molecule has 2 aliphatic carbocycles. The molecule has 2 saturated heterocycles. The van der Waals surface area contributed by atoms with Gasteiger partial charge >= 0.3 is 12.1 Å². The highest BCUT2D eigenvalue weighted by molar-refractivity contribution is 8.01. The molecule has 7 amide bonds. The summed E-state index contributed by atoms with van der Waals surface area (Å²) < 4.78 is 83.2. The van der Waals surface area contributed by atoms with E-state index in [2.05, 4.69) is 31.9 Å². The number of thioether (sulfide) groups is 3. The number of hydrogen-bond acceptors (Lipinski definition) is 19. The number of carbonyl (C=O) groups is 8. The first-order chi connectivity index (χ1) is 51.3. The smallest absolute Gasteiger partial charge is 0.408 e. The van der Waals surface area contributed by atoms with Crippen molar-refractivity contribution >= 4 is 126 Å². The zero-order valence-electron chi connectivity index (χ0n) is 59.3. The maximum atomic E-state index is 15.0. The Kier molecular flexibility index (Phi) is 24.4. The molecule has 5 aliphatic heterocycles. The number of alkyl carbamates (subject to hydrolysis) is 1. The van der Waals surface area contributed by atoms with Gasteiger partial charge in [-0.15, -0.1) is 35.3 Å². The van der Waals surface area contributed by atoms with Crippen molar-refractivity contribution in [3.63, 3.8) is 0 Å². The number of sulfonamides is 1. The summed E-state index contributed by atoms with van der Waals surface area (Å²) in [5.74, 6) is -2.55. The molecular formula is C77H83N9O16S5. The van der Waals surface area contributed by atoms with Crippen LogP contribution in [0.15, 0.2) is 195 Å². The van der Waals surface area contributed by atoms with E-state index in [4.69, 9.17) is 14.2 Å². The summed E-state index contributed by atoms with van der Waals surface area (Å²) >= 11 is 3.91. The number of carbonyl (C=O) groups excluding carboxylic acids is 8. The number of nitrogens with zero attached hydrogens (tertiary/aromatic N) is 3. The van der Waals surface area contributed by atoms with Crippen LogP contribution in [0.3, 0.4) is 0 Å². The van der Waals surface area contributed by atoms with E-state index >= 15 is 8.42 Å². The fourth-order valence-corrected chi connectivity index (χ4v) is 18.9. The van der Waals surface area contributed by atoms with Crippen LogP contribution in [0.4, 0.5) is 21.9 Å². The topological polar surface area (TPSA) is 335 Å². The first-order valence-corrected chi connectivity index (χ1v) is 41.2. The summed E-state index contributed by atoms with van der Waals surface area (Å²) in [6.45, 7) is 5.30. The molecule has 30 heteroatoms. The normalized spacial score (nSPS) is 18.3. The van der Waals surface area contributed by atoms with Gasteiger partial charge in [0.1, 0.15) is 52.9 Å². The number of allylic oxidation sites excluding steroid dienone is 6. The number of rotatable bonds is 27. The Morgan fingerprint density at radius 2 is 1.60 bits per heavy atom. The van der Waals surface area contributed by atoms with E-state index in [1.54, 1.807) is 75.4 Å². The number of fused-ring (bicyclic) bond motifs is 4. The summed E-state index contributed by atoms with van der Waals surface area (Å²) in [7, 11) is -7.10. The Bertz CT molecular complexity index is 4760. The van der Waals surface area contributed by atoms with Gasteiger partial charge in [0.05, 0.1) is 15.5 Å². The van der Waals surface area contributed by atoms with Gasteiger partial charge in [0.15, 0.2) is 0 Å². The molecule has 0 aromatic heterocycles. The van der Waals surface area contributed by atoms with Gasteiger partial charge in [0.25, 0.3) is 16.0 Å². The van der Waals surface area contributed by atoms with Crippen molar-refractivity contribution in [2.75, 3.05) is 73.0 Å². The van der Waals surface area contributed by atoms with Crippen LogP contribution < -0.4 is 41.5 Å². The minimum atomic E-state index is -4.40. The van der Waals surface area contributed by atoms with E-state index < -0.39 is 103 Å². The number of esters is 1. The van der Waals surface area contributed by atoms with Crippen molar-refractivity contribution in [1.82, 2.24) is 35.8 Å². The summed E-state index contributed by atoms with van der Waals surface area (Å²) in [4.78, 5) is 112. The Balaban J connectivity index is 0.673. The largest absolute Gasteiger partial charge is 0.456 e. The average molecular weight is 1550 g/mol. The maximum Gasteiger partial charge on any atom is 0.408 e. The van der Waals surface area contributed by atoms with Gasteiger partial charge < -0.3 is 51.0 Å². The molecule has 7 N–H and O–H groups in total. The van der Waals surface area contributed by atoms with Crippen LogP contribution in [-0.2, 0) is 69.6 Å². The molecule has 107 heavy (non-hydrogen) atoms. The van der Waals surface area contributed by atoms with Gasteiger partial charge in [-0.25, -0.2) is 18.0 Å². The van der Waals surface area contributed by atoms with Gasteiger partial charge in [-0.3, -0.25) is 38.2 Å². The lowest BCUT2D eigenvalue weighted by molar-refractivity contribution is -0.154. The Labute approximate surface area is 634 Å². The molecule has 562 valence electrons. The minimum absolute atomic E-state index is 0.00361.